The molecule has 2 aromatic rings. The standard InChI is InChI=1S/C10H9FN2O2/c11-7-5-6(12)1-2-8(7)13-9(14)3-4-10(13)15/h1-5,14-15H,12H2. The molecule has 0 unspecified atom stereocenters. The third-order valence-electron chi connectivity index (χ3n) is 2.05. The zero-order valence-electron chi connectivity index (χ0n) is 7.68. The molecule has 1 heterocycles. The summed E-state index contributed by atoms with van der Waals surface area (Å²) in [7, 11) is 0. The molecule has 4 N–H and O–H groups in total. The minimum Gasteiger partial charge on any atom is -0.494 e. The molecule has 2 rings (SSSR count). The van der Waals surface area contributed by atoms with Gasteiger partial charge in [0.1, 0.15) is 5.82 Å². The van der Waals surface area contributed by atoms with Crippen LogP contribution in [0.15, 0.2) is 30.3 Å². The first-order valence-corrected chi connectivity index (χ1v) is 4.24. The summed E-state index contributed by atoms with van der Waals surface area (Å²) in [6.07, 6.45) is 0. The number of aromatic nitrogens is 1. The molecule has 0 atom stereocenters. The van der Waals surface area contributed by atoms with E-state index in [1.54, 1.807) is 0 Å². The fourth-order valence-electron chi connectivity index (χ4n) is 1.37. The number of nitrogens with zero attached hydrogens (tertiary/aromatic N) is 1. The average Bonchev–Trinajstić information content (AvgIpc) is 2.48. The molecule has 0 saturated carbocycles. The van der Waals surface area contributed by atoms with E-state index < -0.39 is 5.82 Å². The summed E-state index contributed by atoms with van der Waals surface area (Å²) in [5.74, 6) is -1.09. The minimum atomic E-state index is -0.614. The van der Waals surface area contributed by atoms with Crippen molar-refractivity contribution in [3.63, 3.8) is 0 Å². The van der Waals surface area contributed by atoms with Gasteiger partial charge in [0.15, 0.2) is 11.8 Å². The van der Waals surface area contributed by atoms with Crippen LogP contribution < -0.4 is 5.73 Å². The number of halogens is 1. The largest absolute Gasteiger partial charge is 0.494 e. The van der Waals surface area contributed by atoms with Crippen molar-refractivity contribution in [2.24, 2.45) is 0 Å². The van der Waals surface area contributed by atoms with Gasteiger partial charge < -0.3 is 15.9 Å². The van der Waals surface area contributed by atoms with Crippen molar-refractivity contribution >= 4 is 5.69 Å². The van der Waals surface area contributed by atoms with E-state index in [1.165, 1.54) is 24.3 Å². The zero-order valence-corrected chi connectivity index (χ0v) is 7.68. The summed E-state index contributed by atoms with van der Waals surface area (Å²) < 4.78 is 14.4. The SMILES string of the molecule is Nc1ccc(-n2c(O)ccc2O)c(F)c1. The van der Waals surface area contributed by atoms with Gasteiger partial charge in [-0.15, -0.1) is 0 Å². The Bertz CT molecular complexity index is 489. The van der Waals surface area contributed by atoms with E-state index in [2.05, 4.69) is 0 Å². The van der Waals surface area contributed by atoms with Crippen LogP contribution in [0.5, 0.6) is 11.8 Å². The van der Waals surface area contributed by atoms with Crippen LogP contribution in [0.1, 0.15) is 0 Å². The van der Waals surface area contributed by atoms with Crippen molar-refractivity contribution in [3.8, 4) is 17.4 Å². The van der Waals surface area contributed by atoms with Crippen LogP contribution in [-0.2, 0) is 0 Å². The van der Waals surface area contributed by atoms with Crippen LogP contribution in [0.4, 0.5) is 10.1 Å². The van der Waals surface area contributed by atoms with Crippen molar-refractivity contribution in [1.82, 2.24) is 4.57 Å². The topological polar surface area (TPSA) is 71.4 Å². The summed E-state index contributed by atoms with van der Waals surface area (Å²) in [6.45, 7) is 0. The Morgan fingerprint density at radius 3 is 2.20 bits per heavy atom. The highest BCUT2D eigenvalue weighted by molar-refractivity contribution is 5.49. The monoisotopic (exact) mass is 208 g/mol. The summed E-state index contributed by atoms with van der Waals surface area (Å²) in [5.41, 5.74) is 5.71. The Balaban J connectivity index is 2.64. The van der Waals surface area contributed by atoms with Gasteiger partial charge in [0, 0.05) is 17.8 Å². The fraction of sp³-hybridized carbons (Fsp3) is 0. The number of aromatic hydroxyl groups is 2. The molecule has 0 spiro atoms. The van der Waals surface area contributed by atoms with Gasteiger partial charge in [-0.1, -0.05) is 0 Å². The predicted octanol–water partition coefficient (Wildman–Crippen LogP) is 1.61. The average molecular weight is 208 g/mol. The molecule has 0 radical (unpaired) electrons. The van der Waals surface area contributed by atoms with Crippen molar-refractivity contribution in [2.45, 2.75) is 0 Å². The number of nitrogen functional groups attached to an aromatic ring is 1. The van der Waals surface area contributed by atoms with Crippen molar-refractivity contribution in [2.75, 3.05) is 5.73 Å². The smallest absolute Gasteiger partial charge is 0.198 e. The van der Waals surface area contributed by atoms with Crippen LogP contribution in [-0.4, -0.2) is 14.8 Å². The summed E-state index contributed by atoms with van der Waals surface area (Å²) in [5, 5.41) is 18.8. The van der Waals surface area contributed by atoms with E-state index in [0.717, 1.165) is 10.6 Å². The maximum absolute atomic E-state index is 13.5. The molecule has 5 heteroatoms. The first-order valence-electron chi connectivity index (χ1n) is 4.24. The molecule has 15 heavy (non-hydrogen) atoms. The lowest BCUT2D eigenvalue weighted by molar-refractivity contribution is 0.399. The minimum absolute atomic E-state index is 0.0456. The molecule has 1 aromatic heterocycles. The lowest BCUT2D eigenvalue weighted by atomic mass is 10.2. The van der Waals surface area contributed by atoms with Crippen molar-refractivity contribution in [1.29, 1.82) is 0 Å². The van der Waals surface area contributed by atoms with Crippen molar-refractivity contribution < 1.29 is 14.6 Å². The second-order valence-corrected chi connectivity index (χ2v) is 3.10. The van der Waals surface area contributed by atoms with Gasteiger partial charge in [0.05, 0.1) is 5.69 Å². The molecular formula is C10H9FN2O2. The van der Waals surface area contributed by atoms with Gasteiger partial charge in [0.2, 0.25) is 0 Å². The highest BCUT2D eigenvalue weighted by Crippen LogP contribution is 2.28. The number of anilines is 1. The van der Waals surface area contributed by atoms with E-state index in [-0.39, 0.29) is 23.1 Å². The third-order valence-corrected chi connectivity index (χ3v) is 2.05. The molecule has 0 aliphatic carbocycles. The zero-order chi connectivity index (χ0) is 11.0. The number of benzene rings is 1. The van der Waals surface area contributed by atoms with Crippen LogP contribution in [0.25, 0.3) is 5.69 Å². The molecule has 4 nitrogen and oxygen atoms in total. The number of rotatable bonds is 1. The Hall–Kier alpha value is -2.17. The quantitative estimate of drug-likeness (QED) is 0.623. The molecule has 0 saturated heterocycles. The predicted molar refractivity (Wildman–Crippen MR) is 53.5 cm³/mol. The number of hydrogen-bond donors (Lipinski definition) is 3. The molecular weight excluding hydrogens is 199 g/mol. The molecule has 1 aromatic carbocycles. The summed E-state index contributed by atoms with van der Waals surface area (Å²) in [4.78, 5) is 0. The summed E-state index contributed by atoms with van der Waals surface area (Å²) >= 11 is 0. The van der Waals surface area contributed by atoms with Crippen molar-refractivity contribution in [3.05, 3.63) is 36.1 Å². The maximum Gasteiger partial charge on any atom is 0.198 e. The Labute approximate surface area is 85.0 Å². The molecule has 0 amide bonds. The maximum atomic E-state index is 13.5. The lowest BCUT2D eigenvalue weighted by Crippen LogP contribution is -1.97. The first kappa shape index (κ1) is 9.39. The van der Waals surface area contributed by atoms with E-state index >= 15 is 0 Å². The highest BCUT2D eigenvalue weighted by atomic mass is 19.1. The molecule has 78 valence electrons. The van der Waals surface area contributed by atoms with Crippen LogP contribution in [0.2, 0.25) is 0 Å². The number of nitrogens with two attached hydrogens (primary N) is 1. The van der Waals surface area contributed by atoms with Gasteiger partial charge in [0.25, 0.3) is 0 Å². The lowest BCUT2D eigenvalue weighted by Gasteiger charge is -2.08. The molecule has 0 bridgehead atoms. The van der Waals surface area contributed by atoms with Gasteiger partial charge in [-0.25, -0.2) is 8.96 Å². The second-order valence-electron chi connectivity index (χ2n) is 3.10. The normalized spacial score (nSPS) is 10.5. The van der Waals surface area contributed by atoms with E-state index in [9.17, 15) is 14.6 Å². The van der Waals surface area contributed by atoms with Crippen LogP contribution in [0, 0.1) is 5.82 Å². The summed E-state index contributed by atoms with van der Waals surface area (Å²) in [6, 6.07) is 6.52. The van der Waals surface area contributed by atoms with Crippen LogP contribution >= 0.6 is 0 Å². The van der Waals surface area contributed by atoms with E-state index in [0.29, 0.717) is 0 Å². The fourth-order valence-corrected chi connectivity index (χ4v) is 1.37. The highest BCUT2D eigenvalue weighted by Gasteiger charge is 2.12. The molecule has 0 aliphatic rings. The van der Waals surface area contributed by atoms with Crippen LogP contribution in [0.3, 0.4) is 0 Å². The third kappa shape index (κ3) is 1.48. The van der Waals surface area contributed by atoms with Gasteiger partial charge >= 0.3 is 0 Å². The Morgan fingerprint density at radius 2 is 1.67 bits per heavy atom. The van der Waals surface area contributed by atoms with E-state index in [1.807, 2.05) is 0 Å². The van der Waals surface area contributed by atoms with E-state index in [4.69, 9.17) is 5.73 Å². The van der Waals surface area contributed by atoms with Gasteiger partial charge in [-0.05, 0) is 18.2 Å². The Kier molecular flexibility index (Phi) is 2.00. The first-order chi connectivity index (χ1) is 7.09. The Morgan fingerprint density at radius 1 is 1.07 bits per heavy atom. The number of hydrogen-bond acceptors (Lipinski definition) is 3. The van der Waals surface area contributed by atoms with Gasteiger partial charge in [-0.2, -0.15) is 0 Å². The van der Waals surface area contributed by atoms with Gasteiger partial charge in [-0.3, -0.25) is 0 Å². The second kappa shape index (κ2) is 3.20. The molecule has 0 aliphatic heterocycles. The molecule has 0 fully saturated rings.